The zero-order chi connectivity index (χ0) is 17.6. The van der Waals surface area contributed by atoms with Crippen LogP contribution in [0.5, 0.6) is 5.75 Å². The number of hydrogen-bond donors (Lipinski definition) is 3. The van der Waals surface area contributed by atoms with Crippen molar-refractivity contribution in [3.05, 3.63) is 22.4 Å². The van der Waals surface area contributed by atoms with E-state index in [-0.39, 0.29) is 19.8 Å². The fraction of sp³-hybridized carbons (Fsp3) is 0.538. The molecule has 0 aliphatic heterocycles. The molecule has 132 valence electrons. The summed E-state index contributed by atoms with van der Waals surface area (Å²) in [5.74, 6) is 0.557. The van der Waals surface area contributed by atoms with Gasteiger partial charge in [-0.1, -0.05) is 0 Å². The van der Waals surface area contributed by atoms with Gasteiger partial charge < -0.3 is 20.1 Å². The van der Waals surface area contributed by atoms with Crippen LogP contribution in [-0.4, -0.2) is 65.8 Å². The smallest absolute Gasteiger partial charge is 0.150 e. The maximum absolute atomic E-state index is 10.1. The second-order valence-corrected chi connectivity index (χ2v) is 8.58. The molecule has 23 heavy (non-hydrogen) atoms. The molecule has 1 atom stereocenters. The summed E-state index contributed by atoms with van der Waals surface area (Å²) in [6.45, 7) is 1.09. The van der Waals surface area contributed by atoms with Crippen molar-refractivity contribution in [2.24, 2.45) is 0 Å². The Morgan fingerprint density at radius 1 is 0.826 bits per heavy atom. The molecule has 1 aromatic carbocycles. The molecule has 0 bridgehead atoms. The minimum absolute atomic E-state index is 0.0305. The molecular formula is C13H16Br5NO4. The van der Waals surface area contributed by atoms with Gasteiger partial charge in [-0.15, -0.1) is 0 Å². The summed E-state index contributed by atoms with van der Waals surface area (Å²) in [6.07, 6.45) is -0.756. The molecule has 1 unspecified atom stereocenters. The Bertz CT molecular complexity index is 497. The Labute approximate surface area is 177 Å². The number of ether oxygens (including phenoxy) is 1. The number of benzene rings is 1. The highest BCUT2D eigenvalue weighted by Crippen LogP contribution is 2.48. The van der Waals surface area contributed by atoms with E-state index in [9.17, 15) is 5.11 Å². The highest BCUT2D eigenvalue weighted by Gasteiger charge is 2.20. The van der Waals surface area contributed by atoms with Crippen molar-refractivity contribution < 1.29 is 20.1 Å². The number of rotatable bonds is 9. The van der Waals surface area contributed by atoms with Crippen LogP contribution in [0.3, 0.4) is 0 Å². The van der Waals surface area contributed by atoms with Crippen LogP contribution in [0.4, 0.5) is 0 Å². The first kappa shape index (κ1) is 22.3. The summed E-state index contributed by atoms with van der Waals surface area (Å²) in [7, 11) is 0. The molecule has 0 amide bonds. The molecule has 0 aliphatic rings. The molecule has 5 nitrogen and oxygen atoms in total. The fourth-order valence-electron chi connectivity index (χ4n) is 1.82. The van der Waals surface area contributed by atoms with E-state index >= 15 is 0 Å². The van der Waals surface area contributed by atoms with Crippen LogP contribution in [0.15, 0.2) is 22.4 Å². The maximum atomic E-state index is 10.1. The van der Waals surface area contributed by atoms with Gasteiger partial charge >= 0.3 is 0 Å². The SMILES string of the molecule is OCCN(CCO)CC(O)COc1c(Br)c(Br)c(Br)c(Br)c1Br. The first-order valence-corrected chi connectivity index (χ1v) is 10.6. The Morgan fingerprint density at radius 2 is 1.26 bits per heavy atom. The van der Waals surface area contributed by atoms with Gasteiger partial charge in [0.2, 0.25) is 0 Å². The van der Waals surface area contributed by atoms with Gasteiger partial charge in [-0.25, -0.2) is 0 Å². The van der Waals surface area contributed by atoms with Gasteiger partial charge in [-0.05, 0) is 79.6 Å². The van der Waals surface area contributed by atoms with Crippen LogP contribution in [0.1, 0.15) is 0 Å². The van der Waals surface area contributed by atoms with Crippen LogP contribution in [0.2, 0.25) is 0 Å². The van der Waals surface area contributed by atoms with Gasteiger partial charge in [0, 0.05) is 24.1 Å². The summed E-state index contributed by atoms with van der Waals surface area (Å²) >= 11 is 17.3. The number of aliphatic hydroxyl groups excluding tert-OH is 3. The molecule has 0 aromatic heterocycles. The molecule has 1 aromatic rings. The largest absolute Gasteiger partial charge is 0.488 e. The zero-order valence-corrected chi connectivity index (χ0v) is 19.8. The van der Waals surface area contributed by atoms with Crippen LogP contribution in [-0.2, 0) is 0 Å². The maximum Gasteiger partial charge on any atom is 0.150 e. The van der Waals surface area contributed by atoms with Gasteiger partial charge in [0.1, 0.15) is 18.5 Å². The van der Waals surface area contributed by atoms with Gasteiger partial charge in [0.15, 0.2) is 0 Å². The number of aliphatic hydroxyl groups is 3. The van der Waals surface area contributed by atoms with Crippen LogP contribution >= 0.6 is 79.6 Å². The molecule has 0 saturated heterocycles. The average molecular weight is 650 g/mol. The topological polar surface area (TPSA) is 73.2 Å². The highest BCUT2D eigenvalue weighted by molar-refractivity contribution is 9.15. The molecule has 0 heterocycles. The van der Waals surface area contributed by atoms with Gasteiger partial charge in [-0.3, -0.25) is 4.90 Å². The minimum atomic E-state index is -0.756. The monoisotopic (exact) mass is 645 g/mol. The number of halogens is 5. The van der Waals surface area contributed by atoms with Crippen LogP contribution < -0.4 is 4.74 Å². The molecular weight excluding hydrogens is 634 g/mol. The molecule has 3 N–H and O–H groups in total. The molecule has 0 aliphatic carbocycles. The van der Waals surface area contributed by atoms with Gasteiger partial charge in [-0.2, -0.15) is 0 Å². The van der Waals surface area contributed by atoms with E-state index in [4.69, 9.17) is 14.9 Å². The lowest BCUT2D eigenvalue weighted by Gasteiger charge is -2.24. The van der Waals surface area contributed by atoms with E-state index in [1.165, 1.54) is 0 Å². The fourth-order valence-corrected chi connectivity index (χ4v) is 5.06. The predicted octanol–water partition coefficient (Wildman–Crippen LogP) is 3.53. The molecule has 0 spiro atoms. The third-order valence-electron chi connectivity index (χ3n) is 2.89. The van der Waals surface area contributed by atoms with Crippen LogP contribution in [0, 0.1) is 0 Å². The van der Waals surface area contributed by atoms with E-state index in [1.807, 2.05) is 0 Å². The van der Waals surface area contributed by atoms with Crippen molar-refractivity contribution in [2.45, 2.75) is 6.10 Å². The molecule has 0 saturated carbocycles. The lowest BCUT2D eigenvalue weighted by atomic mass is 10.3. The van der Waals surface area contributed by atoms with E-state index in [1.54, 1.807) is 4.90 Å². The Kier molecular flexibility index (Phi) is 10.7. The second kappa shape index (κ2) is 11.1. The van der Waals surface area contributed by atoms with Crippen molar-refractivity contribution >= 4 is 79.6 Å². The van der Waals surface area contributed by atoms with Crippen LogP contribution in [0.25, 0.3) is 0 Å². The minimum Gasteiger partial charge on any atom is -0.488 e. The Morgan fingerprint density at radius 3 is 1.70 bits per heavy atom. The summed E-state index contributed by atoms with van der Waals surface area (Å²) in [4.78, 5) is 1.77. The number of nitrogens with zero attached hydrogens (tertiary/aromatic N) is 1. The van der Waals surface area contributed by atoms with E-state index < -0.39 is 6.10 Å². The quantitative estimate of drug-likeness (QED) is 0.282. The molecule has 0 radical (unpaired) electrons. The van der Waals surface area contributed by atoms with E-state index in [0.717, 1.165) is 13.4 Å². The third kappa shape index (κ3) is 6.49. The Hall–Kier alpha value is 1.26. The van der Waals surface area contributed by atoms with Crippen molar-refractivity contribution in [1.29, 1.82) is 0 Å². The standard InChI is InChI=1S/C13H16Br5NO4/c14-8-9(15)11(17)13(12(18)10(8)16)23-6-7(22)5-19(1-3-20)2-4-21/h7,20-22H,1-6H2. The summed E-state index contributed by atoms with van der Waals surface area (Å²) < 4.78 is 9.58. The molecule has 10 heteroatoms. The molecule has 0 fully saturated rings. The van der Waals surface area contributed by atoms with Gasteiger partial charge in [0.25, 0.3) is 0 Å². The normalized spacial score (nSPS) is 12.7. The van der Waals surface area contributed by atoms with E-state index in [2.05, 4.69) is 79.6 Å². The first-order valence-electron chi connectivity index (χ1n) is 6.59. The summed E-state index contributed by atoms with van der Waals surface area (Å²) in [5.41, 5.74) is 0. The average Bonchev–Trinajstić information content (AvgIpc) is 2.51. The number of hydrogen-bond acceptors (Lipinski definition) is 5. The predicted molar refractivity (Wildman–Crippen MR) is 107 cm³/mol. The highest BCUT2D eigenvalue weighted by atomic mass is 79.9. The zero-order valence-electron chi connectivity index (χ0n) is 11.9. The lowest BCUT2D eigenvalue weighted by molar-refractivity contribution is 0.0547. The van der Waals surface area contributed by atoms with Gasteiger partial charge in [0.05, 0.1) is 31.1 Å². The van der Waals surface area contributed by atoms with Crippen molar-refractivity contribution in [1.82, 2.24) is 4.90 Å². The summed E-state index contributed by atoms with van der Waals surface area (Å²) in [6, 6.07) is 0. The van der Waals surface area contributed by atoms with E-state index in [0.29, 0.717) is 34.3 Å². The third-order valence-corrected chi connectivity index (χ3v) is 8.91. The molecule has 1 rings (SSSR count). The van der Waals surface area contributed by atoms with Crippen molar-refractivity contribution in [2.75, 3.05) is 39.5 Å². The van der Waals surface area contributed by atoms with Crippen molar-refractivity contribution in [3.8, 4) is 5.75 Å². The first-order chi connectivity index (χ1) is 10.8. The lowest BCUT2D eigenvalue weighted by Crippen LogP contribution is -2.38. The Balaban J connectivity index is 2.74. The summed E-state index contributed by atoms with van der Waals surface area (Å²) in [5, 5.41) is 28.1. The second-order valence-electron chi connectivity index (χ2n) is 4.61. The van der Waals surface area contributed by atoms with Crippen molar-refractivity contribution in [3.63, 3.8) is 0 Å².